The Hall–Kier alpha value is -0.370. The van der Waals surface area contributed by atoms with Crippen molar-refractivity contribution in [1.29, 1.82) is 0 Å². The lowest BCUT2D eigenvalue weighted by Crippen LogP contribution is -2.11. The van der Waals surface area contributed by atoms with Crippen LogP contribution in [0.1, 0.15) is 51.9 Å². The normalized spacial score (nSPS) is 36.3. The summed E-state index contributed by atoms with van der Waals surface area (Å²) in [5.74, 6) is 1.48. The first-order valence-corrected chi connectivity index (χ1v) is 6.41. The van der Waals surface area contributed by atoms with Crippen LogP contribution in [0, 0.1) is 11.8 Å². The number of Topliss-reactive ketones (excluding diaryl/α,β-unsaturated/α-hetero) is 1. The van der Waals surface area contributed by atoms with Crippen LogP contribution < -0.4 is 0 Å². The maximum atomic E-state index is 11.4. The van der Waals surface area contributed by atoms with Gasteiger partial charge in [0.2, 0.25) is 0 Å². The van der Waals surface area contributed by atoms with E-state index in [4.69, 9.17) is 4.74 Å². The number of hydrogen-bond donors (Lipinski definition) is 0. The highest BCUT2D eigenvalue weighted by Gasteiger charge is 2.30. The van der Waals surface area contributed by atoms with E-state index in [1.165, 1.54) is 32.1 Å². The third-order valence-electron chi connectivity index (χ3n) is 4.10. The average molecular weight is 210 g/mol. The summed E-state index contributed by atoms with van der Waals surface area (Å²) in [6.45, 7) is 3.06. The molecule has 0 radical (unpaired) electrons. The van der Waals surface area contributed by atoms with Crippen molar-refractivity contribution in [3.8, 4) is 0 Å². The number of carbonyl (C=O) groups excluding carboxylic acids is 1. The summed E-state index contributed by atoms with van der Waals surface area (Å²) in [6.07, 6.45) is 8.65. The van der Waals surface area contributed by atoms with Gasteiger partial charge in [-0.25, -0.2) is 0 Å². The van der Waals surface area contributed by atoms with E-state index in [2.05, 4.69) is 6.92 Å². The molecule has 0 spiro atoms. The maximum Gasteiger partial charge on any atom is 0.135 e. The highest BCUT2D eigenvalue weighted by atomic mass is 16.5. The van der Waals surface area contributed by atoms with Crippen molar-refractivity contribution in [2.45, 2.75) is 58.0 Å². The molecule has 0 bridgehead atoms. The Bertz CT molecular complexity index is 219. The van der Waals surface area contributed by atoms with E-state index in [9.17, 15) is 4.79 Å². The van der Waals surface area contributed by atoms with Crippen LogP contribution in [0.15, 0.2) is 0 Å². The number of ether oxygens (including phenoxy) is 1. The summed E-state index contributed by atoms with van der Waals surface area (Å²) in [5, 5.41) is 0. The second-order valence-corrected chi connectivity index (χ2v) is 5.12. The van der Waals surface area contributed by atoms with Crippen LogP contribution in [0.5, 0.6) is 0 Å². The summed E-state index contributed by atoms with van der Waals surface area (Å²) < 4.78 is 5.60. The van der Waals surface area contributed by atoms with E-state index in [-0.39, 0.29) is 0 Å². The predicted molar refractivity (Wildman–Crippen MR) is 59.7 cm³/mol. The molecule has 86 valence electrons. The Kier molecular flexibility index (Phi) is 3.79. The van der Waals surface area contributed by atoms with Gasteiger partial charge in [0, 0.05) is 18.9 Å². The zero-order valence-corrected chi connectivity index (χ0v) is 9.71. The van der Waals surface area contributed by atoms with E-state index in [0.717, 1.165) is 19.4 Å². The minimum Gasteiger partial charge on any atom is -0.378 e. The molecule has 1 heterocycles. The van der Waals surface area contributed by atoms with Crippen molar-refractivity contribution in [2.24, 2.45) is 11.8 Å². The van der Waals surface area contributed by atoms with Gasteiger partial charge in [-0.1, -0.05) is 13.3 Å². The van der Waals surface area contributed by atoms with E-state index >= 15 is 0 Å². The van der Waals surface area contributed by atoms with Crippen molar-refractivity contribution in [3.63, 3.8) is 0 Å². The van der Waals surface area contributed by atoms with Gasteiger partial charge < -0.3 is 4.74 Å². The molecule has 0 aromatic rings. The standard InChI is InChI=1S/C13H22O2/c1-10-11(7-8-13(10)14)4-2-5-12-6-3-9-15-12/h10-12H,2-9H2,1H3. The first-order chi connectivity index (χ1) is 7.27. The maximum absolute atomic E-state index is 11.4. The monoisotopic (exact) mass is 210 g/mol. The number of hydrogen-bond acceptors (Lipinski definition) is 2. The van der Waals surface area contributed by atoms with Gasteiger partial charge in [0.25, 0.3) is 0 Å². The van der Waals surface area contributed by atoms with Crippen LogP contribution in [0.4, 0.5) is 0 Å². The Morgan fingerprint density at radius 3 is 2.80 bits per heavy atom. The van der Waals surface area contributed by atoms with E-state index in [0.29, 0.717) is 23.7 Å². The molecule has 1 aliphatic heterocycles. The number of rotatable bonds is 4. The molecule has 0 aromatic heterocycles. The van der Waals surface area contributed by atoms with Gasteiger partial charge >= 0.3 is 0 Å². The topological polar surface area (TPSA) is 26.3 Å². The van der Waals surface area contributed by atoms with Crippen molar-refractivity contribution < 1.29 is 9.53 Å². The molecule has 1 saturated carbocycles. The molecular weight excluding hydrogens is 188 g/mol. The fraction of sp³-hybridized carbons (Fsp3) is 0.923. The molecular formula is C13H22O2. The van der Waals surface area contributed by atoms with Crippen LogP contribution in [0.2, 0.25) is 0 Å². The molecule has 2 aliphatic rings. The smallest absolute Gasteiger partial charge is 0.135 e. The van der Waals surface area contributed by atoms with Gasteiger partial charge in [-0.2, -0.15) is 0 Å². The van der Waals surface area contributed by atoms with Crippen LogP contribution in [0.3, 0.4) is 0 Å². The molecule has 1 saturated heterocycles. The SMILES string of the molecule is CC1C(=O)CCC1CCCC1CCCO1. The molecule has 3 unspecified atom stereocenters. The lowest BCUT2D eigenvalue weighted by molar-refractivity contribution is -0.120. The van der Waals surface area contributed by atoms with Gasteiger partial charge in [-0.05, 0) is 38.0 Å². The summed E-state index contributed by atoms with van der Waals surface area (Å²) in [6, 6.07) is 0. The molecule has 0 N–H and O–H groups in total. The Labute approximate surface area is 92.4 Å². The highest BCUT2D eigenvalue weighted by Crippen LogP contribution is 2.32. The summed E-state index contributed by atoms with van der Waals surface area (Å²) >= 11 is 0. The van der Waals surface area contributed by atoms with Crippen molar-refractivity contribution >= 4 is 5.78 Å². The quantitative estimate of drug-likeness (QED) is 0.713. The zero-order chi connectivity index (χ0) is 10.7. The van der Waals surface area contributed by atoms with Crippen molar-refractivity contribution in [3.05, 3.63) is 0 Å². The van der Waals surface area contributed by atoms with Gasteiger partial charge in [-0.3, -0.25) is 4.79 Å². The molecule has 2 fully saturated rings. The molecule has 1 aliphatic carbocycles. The number of ketones is 1. The van der Waals surface area contributed by atoms with Crippen molar-refractivity contribution in [1.82, 2.24) is 0 Å². The fourth-order valence-corrected chi connectivity index (χ4v) is 2.94. The van der Waals surface area contributed by atoms with Gasteiger partial charge in [0.15, 0.2) is 0 Å². The molecule has 2 nitrogen and oxygen atoms in total. The van der Waals surface area contributed by atoms with E-state index in [1.807, 2.05) is 0 Å². The Morgan fingerprint density at radius 1 is 1.33 bits per heavy atom. The second kappa shape index (κ2) is 5.11. The summed E-state index contributed by atoms with van der Waals surface area (Å²) in [7, 11) is 0. The molecule has 15 heavy (non-hydrogen) atoms. The van der Waals surface area contributed by atoms with Crippen LogP contribution in [-0.4, -0.2) is 18.5 Å². The molecule has 3 atom stereocenters. The van der Waals surface area contributed by atoms with Gasteiger partial charge in [0.05, 0.1) is 6.10 Å². The minimum atomic E-state index is 0.328. The van der Waals surface area contributed by atoms with Gasteiger partial charge in [0.1, 0.15) is 5.78 Å². The largest absolute Gasteiger partial charge is 0.378 e. The van der Waals surface area contributed by atoms with Crippen molar-refractivity contribution in [2.75, 3.05) is 6.61 Å². The predicted octanol–water partition coefficient (Wildman–Crippen LogP) is 2.95. The molecule has 0 aromatic carbocycles. The summed E-state index contributed by atoms with van der Waals surface area (Å²) in [5.41, 5.74) is 0. The summed E-state index contributed by atoms with van der Waals surface area (Å²) in [4.78, 5) is 11.4. The van der Waals surface area contributed by atoms with Gasteiger partial charge in [-0.15, -0.1) is 0 Å². The van der Waals surface area contributed by atoms with E-state index in [1.54, 1.807) is 0 Å². The third-order valence-corrected chi connectivity index (χ3v) is 4.10. The van der Waals surface area contributed by atoms with Crippen LogP contribution >= 0.6 is 0 Å². The lowest BCUT2D eigenvalue weighted by atomic mass is 9.91. The minimum absolute atomic E-state index is 0.328. The average Bonchev–Trinajstić information content (AvgIpc) is 2.83. The van der Waals surface area contributed by atoms with Crippen LogP contribution in [0.25, 0.3) is 0 Å². The molecule has 0 amide bonds. The highest BCUT2D eigenvalue weighted by molar-refractivity contribution is 5.82. The number of carbonyl (C=O) groups is 1. The Morgan fingerprint density at radius 2 is 2.20 bits per heavy atom. The first kappa shape index (κ1) is 11.1. The third kappa shape index (κ3) is 2.81. The Balaban J connectivity index is 1.63. The second-order valence-electron chi connectivity index (χ2n) is 5.12. The lowest BCUT2D eigenvalue weighted by Gasteiger charge is -2.15. The molecule has 2 rings (SSSR count). The fourth-order valence-electron chi connectivity index (χ4n) is 2.94. The van der Waals surface area contributed by atoms with E-state index < -0.39 is 0 Å². The first-order valence-electron chi connectivity index (χ1n) is 6.41. The zero-order valence-electron chi connectivity index (χ0n) is 9.71. The molecule has 2 heteroatoms. The van der Waals surface area contributed by atoms with Crippen LogP contribution in [-0.2, 0) is 9.53 Å².